The largest absolute Gasteiger partial charge is 0.337 e. The average Bonchev–Trinajstić information content (AvgIpc) is 2.62. The quantitative estimate of drug-likeness (QED) is 0.723. The fourth-order valence-corrected chi connectivity index (χ4v) is 1.31. The molecule has 0 fully saturated rings. The lowest BCUT2D eigenvalue weighted by molar-refractivity contribution is -0.143. The zero-order valence-electron chi connectivity index (χ0n) is 7.93. The van der Waals surface area contributed by atoms with Crippen molar-refractivity contribution in [2.45, 2.75) is 13.3 Å². The van der Waals surface area contributed by atoms with Gasteiger partial charge in [0.05, 0.1) is 5.52 Å². The van der Waals surface area contributed by atoms with Gasteiger partial charge in [0.2, 0.25) is 0 Å². The summed E-state index contributed by atoms with van der Waals surface area (Å²) in [6, 6.07) is 9.68. The number of nitrogens with zero attached hydrogens (tertiary/aromatic N) is 1. The molecule has 0 saturated heterocycles. The summed E-state index contributed by atoms with van der Waals surface area (Å²) in [6.07, 6.45) is 2.13. The van der Waals surface area contributed by atoms with Crippen molar-refractivity contribution in [1.29, 1.82) is 0 Å². The lowest BCUT2D eigenvalue weighted by Crippen LogP contribution is -2.17. The van der Waals surface area contributed by atoms with E-state index in [1.165, 1.54) is 4.73 Å². The Morgan fingerprint density at radius 2 is 2.14 bits per heavy atom. The maximum atomic E-state index is 11.1. The second kappa shape index (κ2) is 3.54. The SMILES string of the molecule is CCC(=O)On1ccc2ccccc21. The molecule has 0 bridgehead atoms. The third kappa shape index (κ3) is 1.48. The standard InChI is InChI=1S/C11H11NO2/c1-2-11(13)14-12-8-7-9-5-3-4-6-10(9)12/h3-8H,2H2,1H3. The fourth-order valence-electron chi connectivity index (χ4n) is 1.31. The predicted molar refractivity (Wildman–Crippen MR) is 53.8 cm³/mol. The van der Waals surface area contributed by atoms with Crippen LogP contribution < -0.4 is 4.84 Å². The first-order valence-electron chi connectivity index (χ1n) is 4.58. The Hall–Kier alpha value is -1.77. The third-order valence-corrected chi connectivity index (χ3v) is 2.05. The number of fused-ring (bicyclic) bond motifs is 1. The first-order valence-corrected chi connectivity index (χ1v) is 4.58. The van der Waals surface area contributed by atoms with Crippen LogP contribution in [0.2, 0.25) is 0 Å². The van der Waals surface area contributed by atoms with E-state index in [9.17, 15) is 4.79 Å². The van der Waals surface area contributed by atoms with Crippen molar-refractivity contribution < 1.29 is 9.63 Å². The molecule has 0 aliphatic rings. The molecule has 3 nitrogen and oxygen atoms in total. The predicted octanol–water partition coefficient (Wildman–Crippen LogP) is 2.01. The van der Waals surface area contributed by atoms with Gasteiger partial charge in [0.15, 0.2) is 0 Å². The molecule has 0 atom stereocenters. The van der Waals surface area contributed by atoms with Crippen LogP contribution in [0.4, 0.5) is 0 Å². The van der Waals surface area contributed by atoms with Crippen LogP contribution in [0.15, 0.2) is 36.5 Å². The smallest absolute Gasteiger partial charge is 0.332 e. The highest BCUT2D eigenvalue weighted by molar-refractivity contribution is 5.80. The van der Waals surface area contributed by atoms with Gasteiger partial charge in [0.25, 0.3) is 0 Å². The molecule has 1 aromatic heterocycles. The molecule has 2 rings (SSSR count). The highest BCUT2D eigenvalue weighted by atomic mass is 16.7. The Kier molecular flexibility index (Phi) is 2.23. The zero-order chi connectivity index (χ0) is 9.97. The number of carbonyl (C=O) groups excluding carboxylic acids is 1. The van der Waals surface area contributed by atoms with E-state index in [0.29, 0.717) is 6.42 Å². The van der Waals surface area contributed by atoms with E-state index in [4.69, 9.17) is 4.84 Å². The second-order valence-corrected chi connectivity index (χ2v) is 3.02. The van der Waals surface area contributed by atoms with Gasteiger partial charge < -0.3 is 4.84 Å². The van der Waals surface area contributed by atoms with Crippen LogP contribution in [0.5, 0.6) is 0 Å². The van der Waals surface area contributed by atoms with Gasteiger partial charge in [-0.1, -0.05) is 25.1 Å². The number of para-hydroxylation sites is 1. The molecule has 0 aliphatic heterocycles. The van der Waals surface area contributed by atoms with E-state index < -0.39 is 0 Å². The summed E-state index contributed by atoms with van der Waals surface area (Å²) in [5, 5.41) is 1.07. The molecule has 0 unspecified atom stereocenters. The molecule has 1 aromatic carbocycles. The first-order chi connectivity index (χ1) is 6.81. The molecule has 0 N–H and O–H groups in total. The topological polar surface area (TPSA) is 31.2 Å². The van der Waals surface area contributed by atoms with E-state index in [-0.39, 0.29) is 5.97 Å². The van der Waals surface area contributed by atoms with E-state index in [1.54, 1.807) is 13.1 Å². The summed E-state index contributed by atoms with van der Waals surface area (Å²) in [5.41, 5.74) is 0.911. The maximum Gasteiger partial charge on any atom is 0.332 e. The number of carbonyl (C=O) groups is 1. The minimum atomic E-state index is -0.230. The number of hydrogen-bond acceptors (Lipinski definition) is 2. The maximum absolute atomic E-state index is 11.1. The van der Waals surface area contributed by atoms with Crippen LogP contribution in [0, 0.1) is 0 Å². The van der Waals surface area contributed by atoms with Crippen molar-refractivity contribution in [3.63, 3.8) is 0 Å². The highest BCUT2D eigenvalue weighted by Crippen LogP contribution is 2.13. The summed E-state index contributed by atoms with van der Waals surface area (Å²) >= 11 is 0. The van der Waals surface area contributed by atoms with Crippen molar-refractivity contribution in [2.75, 3.05) is 0 Å². The Morgan fingerprint density at radius 3 is 2.93 bits per heavy atom. The molecule has 0 aliphatic carbocycles. The normalized spacial score (nSPS) is 10.4. The molecule has 0 amide bonds. The molecule has 72 valence electrons. The average molecular weight is 189 g/mol. The Balaban J connectivity index is 2.38. The molecule has 2 aromatic rings. The monoisotopic (exact) mass is 189 g/mol. The third-order valence-electron chi connectivity index (χ3n) is 2.05. The number of rotatable bonds is 2. The summed E-state index contributed by atoms with van der Waals surface area (Å²) in [6.45, 7) is 1.77. The minimum Gasteiger partial charge on any atom is -0.337 e. The first kappa shape index (κ1) is 8.81. The lowest BCUT2D eigenvalue weighted by atomic mass is 10.3. The summed E-state index contributed by atoms with van der Waals surface area (Å²) < 4.78 is 1.50. The fraction of sp³-hybridized carbons (Fsp3) is 0.182. The van der Waals surface area contributed by atoms with Crippen molar-refractivity contribution in [3.05, 3.63) is 36.5 Å². The molecule has 14 heavy (non-hydrogen) atoms. The molecular weight excluding hydrogens is 178 g/mol. The minimum absolute atomic E-state index is 0.230. The molecular formula is C11H11NO2. The van der Waals surface area contributed by atoms with Crippen LogP contribution in [-0.2, 0) is 4.79 Å². The molecule has 3 heteroatoms. The summed E-state index contributed by atoms with van der Waals surface area (Å²) in [7, 11) is 0. The van der Waals surface area contributed by atoms with Gasteiger partial charge in [0.1, 0.15) is 0 Å². The Morgan fingerprint density at radius 1 is 1.36 bits per heavy atom. The molecule has 1 heterocycles. The number of benzene rings is 1. The van der Waals surface area contributed by atoms with Crippen LogP contribution in [-0.4, -0.2) is 10.7 Å². The van der Waals surface area contributed by atoms with Crippen LogP contribution in [0.3, 0.4) is 0 Å². The van der Waals surface area contributed by atoms with Gasteiger partial charge in [-0.15, -0.1) is 0 Å². The van der Waals surface area contributed by atoms with Crippen molar-refractivity contribution in [3.8, 4) is 0 Å². The Bertz CT molecular complexity index is 459. The number of hydrogen-bond donors (Lipinski definition) is 0. The van der Waals surface area contributed by atoms with Crippen molar-refractivity contribution in [2.24, 2.45) is 0 Å². The summed E-state index contributed by atoms with van der Waals surface area (Å²) in [5.74, 6) is -0.230. The van der Waals surface area contributed by atoms with Gasteiger partial charge in [-0.3, -0.25) is 0 Å². The second-order valence-electron chi connectivity index (χ2n) is 3.02. The van der Waals surface area contributed by atoms with Crippen LogP contribution in [0.25, 0.3) is 10.9 Å². The van der Waals surface area contributed by atoms with Gasteiger partial charge in [-0.25, -0.2) is 4.79 Å². The Labute approximate surface area is 81.9 Å². The van der Waals surface area contributed by atoms with Gasteiger partial charge in [0, 0.05) is 18.0 Å². The highest BCUT2D eigenvalue weighted by Gasteiger charge is 2.03. The van der Waals surface area contributed by atoms with Gasteiger partial charge in [-0.2, -0.15) is 4.73 Å². The van der Waals surface area contributed by atoms with Gasteiger partial charge >= 0.3 is 5.97 Å². The van der Waals surface area contributed by atoms with Gasteiger partial charge in [-0.05, 0) is 12.1 Å². The zero-order valence-corrected chi connectivity index (χ0v) is 7.93. The molecule has 0 radical (unpaired) electrons. The van der Waals surface area contributed by atoms with E-state index >= 15 is 0 Å². The van der Waals surface area contributed by atoms with Crippen molar-refractivity contribution >= 4 is 16.9 Å². The van der Waals surface area contributed by atoms with Crippen molar-refractivity contribution in [1.82, 2.24) is 4.73 Å². The van der Waals surface area contributed by atoms with Crippen LogP contribution in [0.1, 0.15) is 13.3 Å². The van der Waals surface area contributed by atoms with E-state index in [2.05, 4.69) is 0 Å². The number of aromatic nitrogens is 1. The van der Waals surface area contributed by atoms with Crippen LogP contribution >= 0.6 is 0 Å². The van der Waals surface area contributed by atoms with E-state index in [0.717, 1.165) is 10.9 Å². The van der Waals surface area contributed by atoms with E-state index in [1.807, 2.05) is 30.3 Å². The molecule has 0 saturated carbocycles. The molecule has 0 spiro atoms. The lowest BCUT2D eigenvalue weighted by Gasteiger charge is -2.03. The summed E-state index contributed by atoms with van der Waals surface area (Å²) in [4.78, 5) is 16.2.